The number of aryl methyl sites for hydroxylation is 1. The largest absolute Gasteiger partial charge is 0.350 e. The van der Waals surface area contributed by atoms with E-state index in [1.54, 1.807) is 0 Å². The van der Waals surface area contributed by atoms with E-state index in [0.29, 0.717) is 11.8 Å². The molecule has 3 fully saturated rings. The molecule has 0 aliphatic carbocycles. The molecule has 1 N–H and O–H groups in total. The fourth-order valence-electron chi connectivity index (χ4n) is 5.34. The van der Waals surface area contributed by atoms with E-state index in [1.165, 1.54) is 6.42 Å². The first-order chi connectivity index (χ1) is 13.4. The molecule has 3 saturated heterocycles. The van der Waals surface area contributed by atoms with E-state index in [1.807, 2.05) is 36.1 Å². The highest BCUT2D eigenvalue weighted by molar-refractivity contribution is 5.94. The Morgan fingerprint density at radius 1 is 1.21 bits per heavy atom. The van der Waals surface area contributed by atoms with Crippen molar-refractivity contribution in [2.45, 2.75) is 45.6 Å². The second-order valence-corrected chi connectivity index (χ2v) is 9.25. The average Bonchev–Trinajstić information content (AvgIpc) is 3.22. The highest BCUT2D eigenvalue weighted by Crippen LogP contribution is 2.44. The lowest BCUT2D eigenvalue weighted by molar-refractivity contribution is -0.123. The Morgan fingerprint density at radius 3 is 2.54 bits per heavy atom. The average molecular weight is 384 g/mol. The van der Waals surface area contributed by atoms with E-state index in [2.05, 4.69) is 24.1 Å². The lowest BCUT2D eigenvalue weighted by atomic mass is 9.75. The number of carbonyl (C=O) groups excluding carboxylic acids is 2. The van der Waals surface area contributed by atoms with Gasteiger partial charge in [-0.2, -0.15) is 0 Å². The maximum Gasteiger partial charge on any atom is 0.253 e. The fraction of sp³-hybridized carbons (Fsp3) is 0.652. The molecule has 0 aromatic heterocycles. The molecule has 1 spiro atoms. The van der Waals surface area contributed by atoms with Crippen molar-refractivity contribution in [2.24, 2.45) is 17.8 Å². The second kappa shape index (κ2) is 7.51. The molecule has 5 heteroatoms. The van der Waals surface area contributed by atoms with Crippen LogP contribution in [0, 0.1) is 24.7 Å². The van der Waals surface area contributed by atoms with Gasteiger partial charge < -0.3 is 15.1 Å². The molecular formula is C23H33N3O2. The summed E-state index contributed by atoms with van der Waals surface area (Å²) in [6.45, 7) is 11.0. The van der Waals surface area contributed by atoms with Crippen LogP contribution in [0.1, 0.15) is 49.0 Å². The molecule has 3 heterocycles. The third-order valence-corrected chi connectivity index (χ3v) is 7.32. The first kappa shape index (κ1) is 19.4. The van der Waals surface area contributed by atoms with Crippen molar-refractivity contribution >= 4 is 11.8 Å². The van der Waals surface area contributed by atoms with E-state index >= 15 is 0 Å². The summed E-state index contributed by atoms with van der Waals surface area (Å²) in [6, 6.07) is 7.81. The zero-order valence-electron chi connectivity index (χ0n) is 17.4. The predicted octanol–water partition coefficient (Wildman–Crippen LogP) is 2.69. The molecule has 28 heavy (non-hydrogen) atoms. The third-order valence-electron chi connectivity index (χ3n) is 7.32. The Bertz CT molecular complexity index is 737. The summed E-state index contributed by atoms with van der Waals surface area (Å²) in [7, 11) is 0. The van der Waals surface area contributed by atoms with Crippen LogP contribution in [0.15, 0.2) is 24.3 Å². The molecule has 0 radical (unpaired) electrons. The Labute approximate surface area is 168 Å². The standard InChI is InChI=1S/C23H33N3O2/c1-4-16(2)13-25-14-19-20(15-25)23(24-21(19)27)9-11-26(12-10-23)22(28)18-7-5-17(3)6-8-18/h5-8,16,19-20H,4,9-15H2,1-3H3,(H,24,27)/t16-,19+,20-/m0/s1. The number of nitrogens with zero attached hydrogens (tertiary/aromatic N) is 2. The number of benzene rings is 1. The van der Waals surface area contributed by atoms with Crippen LogP contribution < -0.4 is 5.32 Å². The molecule has 2 amide bonds. The third kappa shape index (κ3) is 3.45. The van der Waals surface area contributed by atoms with Gasteiger partial charge in [-0.1, -0.05) is 38.0 Å². The minimum Gasteiger partial charge on any atom is -0.350 e. The van der Waals surface area contributed by atoms with Gasteiger partial charge in [-0.15, -0.1) is 0 Å². The van der Waals surface area contributed by atoms with Crippen LogP contribution in [-0.2, 0) is 4.79 Å². The smallest absolute Gasteiger partial charge is 0.253 e. The zero-order chi connectivity index (χ0) is 19.9. The lowest BCUT2D eigenvalue weighted by Gasteiger charge is -2.43. The summed E-state index contributed by atoms with van der Waals surface area (Å²) in [5.74, 6) is 1.53. The molecule has 5 nitrogen and oxygen atoms in total. The van der Waals surface area contributed by atoms with Gasteiger partial charge in [0, 0.05) is 49.7 Å². The van der Waals surface area contributed by atoms with Gasteiger partial charge in [0.1, 0.15) is 0 Å². The van der Waals surface area contributed by atoms with Crippen LogP contribution in [0.3, 0.4) is 0 Å². The minimum atomic E-state index is -0.115. The summed E-state index contributed by atoms with van der Waals surface area (Å²) in [5, 5.41) is 3.36. The lowest BCUT2D eigenvalue weighted by Crippen LogP contribution is -2.56. The molecule has 3 atom stereocenters. The number of piperidine rings is 1. The summed E-state index contributed by atoms with van der Waals surface area (Å²) in [5.41, 5.74) is 1.81. The monoisotopic (exact) mass is 383 g/mol. The van der Waals surface area contributed by atoms with Gasteiger partial charge in [-0.3, -0.25) is 9.59 Å². The number of carbonyl (C=O) groups is 2. The van der Waals surface area contributed by atoms with Crippen LogP contribution in [0.5, 0.6) is 0 Å². The van der Waals surface area contributed by atoms with E-state index < -0.39 is 0 Å². The Balaban J connectivity index is 1.41. The first-order valence-electron chi connectivity index (χ1n) is 10.8. The van der Waals surface area contributed by atoms with Crippen molar-refractivity contribution < 1.29 is 9.59 Å². The molecule has 1 aromatic rings. The van der Waals surface area contributed by atoms with Gasteiger partial charge in [-0.05, 0) is 37.8 Å². The number of amides is 2. The first-order valence-corrected chi connectivity index (χ1v) is 10.8. The molecule has 4 rings (SSSR count). The summed E-state index contributed by atoms with van der Waals surface area (Å²) < 4.78 is 0. The fourth-order valence-corrected chi connectivity index (χ4v) is 5.34. The number of fused-ring (bicyclic) bond motifs is 2. The SMILES string of the molecule is CC[C@H](C)CN1C[C@H]2C(=O)NC3(CCN(C(=O)c4ccc(C)cc4)CC3)[C@H]2C1. The predicted molar refractivity (Wildman–Crippen MR) is 110 cm³/mol. The van der Waals surface area contributed by atoms with Gasteiger partial charge >= 0.3 is 0 Å². The minimum absolute atomic E-state index is 0.112. The van der Waals surface area contributed by atoms with Crippen LogP contribution in [0.25, 0.3) is 0 Å². The van der Waals surface area contributed by atoms with Gasteiger partial charge in [0.2, 0.25) is 5.91 Å². The van der Waals surface area contributed by atoms with Gasteiger partial charge in [0.25, 0.3) is 5.91 Å². The molecule has 0 bridgehead atoms. The number of hydrogen-bond acceptors (Lipinski definition) is 3. The highest BCUT2D eigenvalue weighted by Gasteiger charge is 2.57. The highest BCUT2D eigenvalue weighted by atomic mass is 16.2. The van der Waals surface area contributed by atoms with Crippen LogP contribution in [0.2, 0.25) is 0 Å². The number of likely N-dealkylation sites (tertiary alicyclic amines) is 2. The Morgan fingerprint density at radius 2 is 1.89 bits per heavy atom. The number of rotatable bonds is 4. The molecule has 3 aliphatic rings. The normalized spacial score (nSPS) is 27.7. The maximum atomic E-state index is 12.8. The van der Waals surface area contributed by atoms with Crippen molar-refractivity contribution in [3.8, 4) is 0 Å². The Kier molecular flexibility index (Phi) is 5.21. The van der Waals surface area contributed by atoms with Crippen molar-refractivity contribution in [2.75, 3.05) is 32.7 Å². The van der Waals surface area contributed by atoms with Gasteiger partial charge in [0.05, 0.1) is 5.92 Å². The van der Waals surface area contributed by atoms with Crippen molar-refractivity contribution in [1.82, 2.24) is 15.1 Å². The van der Waals surface area contributed by atoms with E-state index in [-0.39, 0.29) is 23.3 Å². The summed E-state index contributed by atoms with van der Waals surface area (Å²) in [4.78, 5) is 30.0. The quantitative estimate of drug-likeness (QED) is 0.870. The Hall–Kier alpha value is -1.88. The molecular weight excluding hydrogens is 350 g/mol. The zero-order valence-corrected chi connectivity index (χ0v) is 17.4. The van der Waals surface area contributed by atoms with E-state index in [0.717, 1.165) is 56.7 Å². The maximum absolute atomic E-state index is 12.8. The summed E-state index contributed by atoms with van der Waals surface area (Å²) >= 11 is 0. The van der Waals surface area contributed by atoms with E-state index in [4.69, 9.17) is 0 Å². The van der Waals surface area contributed by atoms with Gasteiger partial charge in [-0.25, -0.2) is 0 Å². The van der Waals surface area contributed by atoms with Crippen LogP contribution in [-0.4, -0.2) is 59.9 Å². The topological polar surface area (TPSA) is 52.7 Å². The molecule has 0 unspecified atom stereocenters. The summed E-state index contributed by atoms with van der Waals surface area (Å²) in [6.07, 6.45) is 2.92. The molecule has 3 aliphatic heterocycles. The number of nitrogens with one attached hydrogen (secondary N) is 1. The molecule has 0 saturated carbocycles. The molecule has 152 valence electrons. The van der Waals surface area contributed by atoms with Crippen LogP contribution >= 0.6 is 0 Å². The van der Waals surface area contributed by atoms with Crippen molar-refractivity contribution in [1.29, 1.82) is 0 Å². The van der Waals surface area contributed by atoms with E-state index in [9.17, 15) is 9.59 Å². The van der Waals surface area contributed by atoms with Gasteiger partial charge in [0.15, 0.2) is 0 Å². The van der Waals surface area contributed by atoms with Crippen LogP contribution in [0.4, 0.5) is 0 Å². The number of hydrogen-bond donors (Lipinski definition) is 1. The second-order valence-electron chi connectivity index (χ2n) is 9.25. The van der Waals surface area contributed by atoms with Crippen molar-refractivity contribution in [3.05, 3.63) is 35.4 Å². The van der Waals surface area contributed by atoms with Crippen molar-refractivity contribution in [3.63, 3.8) is 0 Å². The molecule has 1 aromatic carbocycles.